The van der Waals surface area contributed by atoms with E-state index in [4.69, 9.17) is 0 Å². The first-order valence-corrected chi connectivity index (χ1v) is 8.01. The number of nitro groups is 1. The van der Waals surface area contributed by atoms with Crippen LogP contribution in [0.15, 0.2) is 6.07 Å². The van der Waals surface area contributed by atoms with Crippen LogP contribution in [0.1, 0.15) is 31.8 Å². The topological polar surface area (TPSA) is 66.6 Å². The number of thiophene rings is 1. The van der Waals surface area contributed by atoms with Crippen LogP contribution in [0.3, 0.4) is 0 Å². The van der Waals surface area contributed by atoms with E-state index in [9.17, 15) is 15.2 Å². The second-order valence-corrected chi connectivity index (χ2v) is 7.88. The Morgan fingerprint density at radius 2 is 2.05 bits per heavy atom. The lowest BCUT2D eigenvalue weighted by Crippen LogP contribution is -2.40. The summed E-state index contributed by atoms with van der Waals surface area (Å²) in [5.74, 6) is 0. The zero-order valence-electron chi connectivity index (χ0n) is 11.2. The normalized spacial score (nSPS) is 25.4. The van der Waals surface area contributed by atoms with E-state index in [1.807, 2.05) is 11.8 Å². The number of nitrogens with zero attached hydrogens (tertiary/aromatic N) is 2. The van der Waals surface area contributed by atoms with Gasteiger partial charge in [0.05, 0.1) is 11.0 Å². The molecule has 3 atom stereocenters. The molecule has 0 amide bonds. The molecule has 1 saturated heterocycles. The third-order valence-corrected chi connectivity index (χ3v) is 5.61. The fourth-order valence-corrected chi connectivity index (χ4v) is 4.70. The van der Waals surface area contributed by atoms with Crippen LogP contribution in [0, 0.1) is 10.1 Å². The van der Waals surface area contributed by atoms with Gasteiger partial charge in [0.25, 0.3) is 0 Å². The van der Waals surface area contributed by atoms with Crippen molar-refractivity contribution in [2.45, 2.75) is 37.4 Å². The molecular weight excluding hydrogens is 284 g/mol. The molecule has 0 aromatic carbocycles. The molecule has 1 aromatic rings. The molecule has 1 N–H and O–H groups in total. The standard InChI is InChI=1S/C12H18N2O3S2/c1-7-5-13(6-8(2)18-7)12-10(14(16)17)4-11(19-12)9(3)15/h4,7-9,15H,5-6H2,1-3H3/t7?,8?,9-/m0/s1. The highest BCUT2D eigenvalue weighted by Gasteiger charge is 2.30. The highest BCUT2D eigenvalue weighted by atomic mass is 32.2. The van der Waals surface area contributed by atoms with Gasteiger partial charge >= 0.3 is 5.69 Å². The number of hydrogen-bond acceptors (Lipinski definition) is 6. The summed E-state index contributed by atoms with van der Waals surface area (Å²) in [4.78, 5) is 13.5. The van der Waals surface area contributed by atoms with E-state index >= 15 is 0 Å². The fraction of sp³-hybridized carbons (Fsp3) is 0.667. The minimum atomic E-state index is -0.661. The summed E-state index contributed by atoms with van der Waals surface area (Å²) in [6.45, 7) is 7.55. The summed E-state index contributed by atoms with van der Waals surface area (Å²) in [5.41, 5.74) is 0.118. The number of aliphatic hydroxyl groups is 1. The highest BCUT2D eigenvalue weighted by Crippen LogP contribution is 2.42. The van der Waals surface area contributed by atoms with Crippen molar-refractivity contribution in [3.8, 4) is 0 Å². The molecule has 0 spiro atoms. The summed E-state index contributed by atoms with van der Waals surface area (Å²) in [6, 6.07) is 1.50. The molecule has 7 heteroatoms. The van der Waals surface area contributed by atoms with Crippen molar-refractivity contribution in [3.63, 3.8) is 0 Å². The van der Waals surface area contributed by atoms with Crippen LogP contribution >= 0.6 is 23.1 Å². The summed E-state index contributed by atoms with van der Waals surface area (Å²) < 4.78 is 0. The summed E-state index contributed by atoms with van der Waals surface area (Å²) in [5, 5.41) is 22.4. The van der Waals surface area contributed by atoms with Gasteiger partial charge in [0.15, 0.2) is 5.00 Å². The molecule has 0 saturated carbocycles. The summed E-state index contributed by atoms with van der Waals surface area (Å²) in [6.07, 6.45) is -0.661. The Bertz CT molecular complexity index is 466. The van der Waals surface area contributed by atoms with Crippen LogP contribution in [0.2, 0.25) is 0 Å². The van der Waals surface area contributed by atoms with Gasteiger partial charge in [-0.1, -0.05) is 13.8 Å². The summed E-state index contributed by atoms with van der Waals surface area (Å²) >= 11 is 3.24. The third-order valence-electron chi connectivity index (χ3n) is 3.03. The van der Waals surface area contributed by atoms with E-state index in [-0.39, 0.29) is 10.6 Å². The monoisotopic (exact) mass is 302 g/mol. The van der Waals surface area contributed by atoms with Gasteiger partial charge in [0.2, 0.25) is 0 Å². The predicted octanol–water partition coefficient (Wildman–Crippen LogP) is 3.04. The maximum atomic E-state index is 11.2. The van der Waals surface area contributed by atoms with Gasteiger partial charge in [-0.05, 0) is 6.92 Å². The Morgan fingerprint density at radius 1 is 1.47 bits per heavy atom. The van der Waals surface area contributed by atoms with Crippen LogP contribution in [0.25, 0.3) is 0 Å². The first-order chi connectivity index (χ1) is 8.88. The largest absolute Gasteiger partial charge is 0.388 e. The van der Waals surface area contributed by atoms with E-state index < -0.39 is 6.10 Å². The quantitative estimate of drug-likeness (QED) is 0.686. The fourth-order valence-electron chi connectivity index (χ4n) is 2.30. The van der Waals surface area contributed by atoms with Gasteiger partial charge in [0.1, 0.15) is 0 Å². The zero-order valence-corrected chi connectivity index (χ0v) is 12.8. The second kappa shape index (κ2) is 5.68. The first-order valence-electron chi connectivity index (χ1n) is 6.25. The third kappa shape index (κ3) is 3.21. The van der Waals surface area contributed by atoms with Crippen molar-refractivity contribution in [3.05, 3.63) is 21.1 Å². The molecule has 2 heterocycles. The number of anilines is 1. The predicted molar refractivity (Wildman–Crippen MR) is 80.3 cm³/mol. The van der Waals surface area contributed by atoms with Gasteiger partial charge in [-0.25, -0.2) is 0 Å². The molecule has 1 aliphatic heterocycles. The van der Waals surface area contributed by atoms with Crippen molar-refractivity contribution in [1.29, 1.82) is 0 Å². The number of rotatable bonds is 3. The molecule has 2 rings (SSSR count). The van der Waals surface area contributed by atoms with Crippen molar-refractivity contribution < 1.29 is 10.0 Å². The lowest BCUT2D eigenvalue weighted by Gasteiger charge is -2.34. The van der Waals surface area contributed by atoms with E-state index in [0.29, 0.717) is 20.4 Å². The van der Waals surface area contributed by atoms with E-state index in [2.05, 4.69) is 18.7 Å². The Balaban J connectivity index is 2.34. The average molecular weight is 302 g/mol. The van der Waals surface area contributed by atoms with Crippen LogP contribution in [0.5, 0.6) is 0 Å². The van der Waals surface area contributed by atoms with E-state index in [1.165, 1.54) is 17.4 Å². The van der Waals surface area contributed by atoms with E-state index in [1.54, 1.807) is 6.92 Å². The molecule has 0 radical (unpaired) electrons. The van der Waals surface area contributed by atoms with Crippen molar-refractivity contribution in [2.24, 2.45) is 0 Å². The lowest BCUT2D eigenvalue weighted by molar-refractivity contribution is -0.383. The molecule has 5 nitrogen and oxygen atoms in total. The molecule has 2 unspecified atom stereocenters. The molecule has 1 aliphatic rings. The zero-order chi connectivity index (χ0) is 14.2. The van der Waals surface area contributed by atoms with Gasteiger partial charge < -0.3 is 10.0 Å². The van der Waals surface area contributed by atoms with Crippen molar-refractivity contribution in [1.82, 2.24) is 0 Å². The smallest absolute Gasteiger partial charge is 0.304 e. The molecule has 106 valence electrons. The Kier molecular flexibility index (Phi) is 4.37. The van der Waals surface area contributed by atoms with Gasteiger partial charge in [-0.2, -0.15) is 11.8 Å². The highest BCUT2D eigenvalue weighted by molar-refractivity contribution is 8.00. The van der Waals surface area contributed by atoms with Gasteiger partial charge in [0, 0.05) is 34.5 Å². The summed E-state index contributed by atoms with van der Waals surface area (Å²) in [7, 11) is 0. The van der Waals surface area contributed by atoms with E-state index in [0.717, 1.165) is 13.1 Å². The second-order valence-electron chi connectivity index (χ2n) is 4.93. The first kappa shape index (κ1) is 14.6. The van der Waals surface area contributed by atoms with Crippen LogP contribution < -0.4 is 4.90 Å². The molecule has 19 heavy (non-hydrogen) atoms. The minimum Gasteiger partial charge on any atom is -0.388 e. The maximum absolute atomic E-state index is 11.2. The molecule has 1 aromatic heterocycles. The molecule has 1 fully saturated rings. The van der Waals surface area contributed by atoms with Crippen LogP contribution in [-0.4, -0.2) is 33.6 Å². The number of aliphatic hydroxyl groups excluding tert-OH is 1. The van der Waals surface area contributed by atoms with Gasteiger partial charge in [-0.15, -0.1) is 11.3 Å². The minimum absolute atomic E-state index is 0.118. The Hall–Kier alpha value is -0.790. The molecular formula is C12H18N2O3S2. The van der Waals surface area contributed by atoms with Crippen molar-refractivity contribution in [2.75, 3.05) is 18.0 Å². The van der Waals surface area contributed by atoms with Gasteiger partial charge in [-0.3, -0.25) is 10.1 Å². The molecule has 0 aliphatic carbocycles. The number of thioether (sulfide) groups is 1. The lowest BCUT2D eigenvalue weighted by atomic mass is 10.3. The molecule has 0 bridgehead atoms. The SMILES string of the molecule is CC1CN(c2sc([C@H](C)O)cc2[N+](=O)[O-])CC(C)S1. The van der Waals surface area contributed by atoms with Crippen LogP contribution in [0.4, 0.5) is 10.7 Å². The Morgan fingerprint density at radius 3 is 2.53 bits per heavy atom. The Labute approximate surface area is 120 Å². The number of hydrogen-bond donors (Lipinski definition) is 1. The average Bonchev–Trinajstić information content (AvgIpc) is 2.72. The maximum Gasteiger partial charge on any atom is 0.304 e. The van der Waals surface area contributed by atoms with Crippen molar-refractivity contribution >= 4 is 33.8 Å². The van der Waals surface area contributed by atoms with Crippen LogP contribution in [-0.2, 0) is 0 Å².